The number of carboxylic acids is 1. The smallest absolute Gasteiger partial charge is 0.307 e. The quantitative estimate of drug-likeness (QED) is 0.413. The zero-order valence-electron chi connectivity index (χ0n) is 19.8. The first-order valence-corrected chi connectivity index (χ1v) is 12.0. The monoisotopic (exact) mass is 482 g/mol. The van der Waals surface area contributed by atoms with E-state index in [0.717, 1.165) is 52.3 Å². The molecule has 1 saturated carbocycles. The average Bonchev–Trinajstić information content (AvgIpc) is 3.21. The standard InChI is InChI=1S/C27H23FN6O2/c1-14-4-3-5-17-24(16-7-8-21(28)25-20(16)11-32(2)30-25)31-34(26(14)17)15-6-9-22(29-10-15)33-12-18-19(13-33)23(18)27(35)36/h3-11,18-19,23H,12-13H2,1-2H3,(H,35,36)/t18-,19+,23?. The number of hydrogen-bond donors (Lipinski definition) is 1. The van der Waals surface area contributed by atoms with Gasteiger partial charge in [-0.05, 0) is 48.6 Å². The fourth-order valence-corrected chi connectivity index (χ4v) is 5.88. The summed E-state index contributed by atoms with van der Waals surface area (Å²) in [7, 11) is 1.78. The third-order valence-corrected chi connectivity index (χ3v) is 7.68. The number of fused-ring (bicyclic) bond motifs is 3. The highest BCUT2D eigenvalue weighted by molar-refractivity contribution is 6.03. The number of benzene rings is 2. The summed E-state index contributed by atoms with van der Waals surface area (Å²) < 4.78 is 18.0. The Bertz CT molecular complexity index is 1680. The van der Waals surface area contributed by atoms with Crippen molar-refractivity contribution in [3.05, 3.63) is 66.2 Å². The van der Waals surface area contributed by atoms with Crippen LogP contribution < -0.4 is 4.90 Å². The van der Waals surface area contributed by atoms with Gasteiger partial charge in [-0.3, -0.25) is 9.48 Å². The first-order valence-electron chi connectivity index (χ1n) is 12.0. The van der Waals surface area contributed by atoms with E-state index in [1.807, 2.05) is 48.1 Å². The Morgan fingerprint density at radius 3 is 2.58 bits per heavy atom. The van der Waals surface area contributed by atoms with E-state index in [-0.39, 0.29) is 23.6 Å². The minimum Gasteiger partial charge on any atom is -0.481 e. The van der Waals surface area contributed by atoms with Crippen LogP contribution in [0.25, 0.3) is 38.8 Å². The Labute approximate surface area is 205 Å². The summed E-state index contributed by atoms with van der Waals surface area (Å²) in [5, 5.41) is 20.2. The molecule has 0 amide bonds. The first-order chi connectivity index (χ1) is 17.4. The Morgan fingerprint density at radius 1 is 1.06 bits per heavy atom. The van der Waals surface area contributed by atoms with Crippen LogP contribution >= 0.6 is 0 Å². The topological polar surface area (TPSA) is 89.1 Å². The van der Waals surface area contributed by atoms with Crippen molar-refractivity contribution in [2.24, 2.45) is 24.8 Å². The van der Waals surface area contributed by atoms with Gasteiger partial charge in [-0.1, -0.05) is 18.2 Å². The highest BCUT2D eigenvalue weighted by Gasteiger charge is 2.60. The van der Waals surface area contributed by atoms with E-state index >= 15 is 0 Å². The summed E-state index contributed by atoms with van der Waals surface area (Å²) in [5.41, 5.74) is 4.76. The van der Waals surface area contributed by atoms with Gasteiger partial charge in [0.15, 0.2) is 5.82 Å². The van der Waals surface area contributed by atoms with E-state index in [1.54, 1.807) is 24.0 Å². The molecule has 2 aromatic carbocycles. The minimum absolute atomic E-state index is 0.199. The van der Waals surface area contributed by atoms with E-state index in [1.165, 1.54) is 6.07 Å². The van der Waals surface area contributed by atoms with Crippen LogP contribution in [0.3, 0.4) is 0 Å². The number of aliphatic carboxylic acids is 1. The second kappa shape index (κ2) is 7.36. The molecule has 1 aliphatic heterocycles. The Kier molecular flexibility index (Phi) is 4.31. The predicted octanol–water partition coefficient (Wildman–Crippen LogP) is 4.19. The zero-order valence-corrected chi connectivity index (χ0v) is 19.8. The first kappa shape index (κ1) is 21.0. The molecule has 1 saturated heterocycles. The van der Waals surface area contributed by atoms with Crippen molar-refractivity contribution in [1.29, 1.82) is 0 Å². The Balaban J connectivity index is 1.30. The molecule has 1 unspecified atom stereocenters. The molecule has 180 valence electrons. The summed E-state index contributed by atoms with van der Waals surface area (Å²) in [6.07, 6.45) is 3.63. The lowest BCUT2D eigenvalue weighted by Crippen LogP contribution is -2.26. The zero-order chi connectivity index (χ0) is 24.7. The molecule has 3 aromatic heterocycles. The number of hydrogen-bond acceptors (Lipinski definition) is 5. The number of aromatic nitrogens is 5. The molecule has 9 heteroatoms. The number of piperidine rings is 1. The fraction of sp³-hybridized carbons (Fsp3) is 0.259. The van der Waals surface area contributed by atoms with Crippen LogP contribution in [0.1, 0.15) is 5.56 Å². The van der Waals surface area contributed by atoms with Gasteiger partial charge in [0.2, 0.25) is 0 Å². The summed E-state index contributed by atoms with van der Waals surface area (Å²) >= 11 is 0. The number of rotatable bonds is 4. The van der Waals surface area contributed by atoms with Crippen LogP contribution in [0.15, 0.2) is 54.9 Å². The van der Waals surface area contributed by atoms with Gasteiger partial charge in [0.05, 0.1) is 23.3 Å². The second-order valence-corrected chi connectivity index (χ2v) is 9.86. The maximum atomic E-state index is 14.5. The van der Waals surface area contributed by atoms with Gasteiger partial charge in [0, 0.05) is 42.7 Å². The predicted molar refractivity (Wildman–Crippen MR) is 134 cm³/mol. The number of pyridine rings is 1. The molecule has 2 aliphatic rings. The maximum absolute atomic E-state index is 14.5. The molecule has 3 atom stereocenters. The van der Waals surface area contributed by atoms with E-state index in [0.29, 0.717) is 10.9 Å². The number of carbonyl (C=O) groups is 1. The molecule has 0 bridgehead atoms. The van der Waals surface area contributed by atoms with E-state index in [9.17, 15) is 14.3 Å². The number of aryl methyl sites for hydroxylation is 2. The molecule has 36 heavy (non-hydrogen) atoms. The molecule has 0 spiro atoms. The number of halogens is 1. The normalized spacial score (nSPS) is 20.9. The largest absolute Gasteiger partial charge is 0.481 e. The van der Waals surface area contributed by atoms with E-state index in [4.69, 9.17) is 10.1 Å². The number of para-hydroxylation sites is 1. The summed E-state index contributed by atoms with van der Waals surface area (Å²) in [6.45, 7) is 3.51. The van der Waals surface area contributed by atoms with Gasteiger partial charge >= 0.3 is 5.97 Å². The molecule has 5 aromatic rings. The van der Waals surface area contributed by atoms with Gasteiger partial charge in [-0.15, -0.1) is 0 Å². The lowest BCUT2D eigenvalue weighted by atomic mass is 10.0. The maximum Gasteiger partial charge on any atom is 0.307 e. The molecule has 7 rings (SSSR count). The van der Waals surface area contributed by atoms with Crippen LogP contribution in [0, 0.1) is 30.5 Å². The van der Waals surface area contributed by atoms with Gasteiger partial charge in [-0.25, -0.2) is 14.1 Å². The van der Waals surface area contributed by atoms with Crippen LogP contribution in [-0.4, -0.2) is 48.7 Å². The van der Waals surface area contributed by atoms with Crippen molar-refractivity contribution in [1.82, 2.24) is 24.5 Å². The molecular formula is C27H23FN6O2. The van der Waals surface area contributed by atoms with Crippen molar-refractivity contribution in [2.75, 3.05) is 18.0 Å². The van der Waals surface area contributed by atoms with Crippen molar-refractivity contribution in [3.8, 4) is 16.9 Å². The molecule has 1 aliphatic carbocycles. The van der Waals surface area contributed by atoms with Crippen LogP contribution in [0.2, 0.25) is 0 Å². The van der Waals surface area contributed by atoms with Gasteiger partial charge in [0.1, 0.15) is 17.0 Å². The minimum atomic E-state index is -0.686. The number of anilines is 1. The molecule has 0 radical (unpaired) electrons. The van der Waals surface area contributed by atoms with Crippen molar-refractivity contribution >= 4 is 33.6 Å². The highest BCUT2D eigenvalue weighted by Crippen LogP contribution is 2.52. The third kappa shape index (κ3) is 2.98. The molecule has 4 heterocycles. The van der Waals surface area contributed by atoms with Gasteiger partial charge in [0.25, 0.3) is 0 Å². The lowest BCUT2D eigenvalue weighted by molar-refractivity contribution is -0.139. The SMILES string of the molecule is Cc1cccc2c(-c3ccc(F)c4nn(C)cc34)nn(-c3ccc(N4C[C@@H]5C(C(=O)O)[C@@H]5C4)nc3)c12. The Morgan fingerprint density at radius 2 is 1.86 bits per heavy atom. The molecule has 8 nitrogen and oxygen atoms in total. The third-order valence-electron chi connectivity index (χ3n) is 7.68. The number of carboxylic acid groups (broad SMARTS) is 1. The molecular weight excluding hydrogens is 459 g/mol. The van der Waals surface area contributed by atoms with Crippen LogP contribution in [0.4, 0.5) is 10.2 Å². The lowest BCUT2D eigenvalue weighted by Gasteiger charge is -2.20. The van der Waals surface area contributed by atoms with Crippen LogP contribution in [0.5, 0.6) is 0 Å². The van der Waals surface area contributed by atoms with Gasteiger partial charge < -0.3 is 10.0 Å². The van der Waals surface area contributed by atoms with E-state index < -0.39 is 5.97 Å². The van der Waals surface area contributed by atoms with Crippen molar-refractivity contribution in [3.63, 3.8) is 0 Å². The second-order valence-electron chi connectivity index (χ2n) is 9.86. The van der Waals surface area contributed by atoms with Crippen LogP contribution in [-0.2, 0) is 11.8 Å². The summed E-state index contributed by atoms with van der Waals surface area (Å²) in [6, 6.07) is 13.2. The van der Waals surface area contributed by atoms with E-state index in [2.05, 4.69) is 10.00 Å². The fourth-order valence-electron chi connectivity index (χ4n) is 5.88. The van der Waals surface area contributed by atoms with Gasteiger partial charge in [-0.2, -0.15) is 10.2 Å². The number of nitrogens with zero attached hydrogens (tertiary/aromatic N) is 6. The van der Waals surface area contributed by atoms with Crippen molar-refractivity contribution in [2.45, 2.75) is 6.92 Å². The summed E-state index contributed by atoms with van der Waals surface area (Å²) in [5.74, 6) is 0.0559. The molecule has 1 N–H and O–H groups in total. The highest BCUT2D eigenvalue weighted by atomic mass is 19.1. The average molecular weight is 483 g/mol. The Hall–Kier alpha value is -4.27. The summed E-state index contributed by atoms with van der Waals surface area (Å²) in [4.78, 5) is 18.1. The molecule has 2 fully saturated rings. The van der Waals surface area contributed by atoms with Crippen molar-refractivity contribution < 1.29 is 14.3 Å².